The lowest BCUT2D eigenvalue weighted by Gasteiger charge is -2.23. The lowest BCUT2D eigenvalue weighted by Crippen LogP contribution is -2.29. The van der Waals surface area contributed by atoms with E-state index >= 15 is 0 Å². The predicted molar refractivity (Wildman–Crippen MR) is 86.6 cm³/mol. The summed E-state index contributed by atoms with van der Waals surface area (Å²) in [6, 6.07) is 6.13. The number of methoxy groups -OCH3 is 2. The number of hydrogen-bond donors (Lipinski definition) is 1. The van der Waals surface area contributed by atoms with E-state index in [1.165, 1.54) is 44.6 Å². The van der Waals surface area contributed by atoms with Gasteiger partial charge in [-0.05, 0) is 37.4 Å². The summed E-state index contributed by atoms with van der Waals surface area (Å²) < 4.78 is 10.9. The van der Waals surface area contributed by atoms with Crippen molar-refractivity contribution < 1.29 is 9.47 Å². The number of hydrogen-bond acceptors (Lipinski definition) is 4. The lowest BCUT2D eigenvalue weighted by molar-refractivity contribution is 0.263. The molecule has 118 valence electrons. The summed E-state index contributed by atoms with van der Waals surface area (Å²) in [5.41, 5.74) is 1.74. The first-order chi connectivity index (χ1) is 9.76. The number of benzene rings is 1. The molecule has 0 radical (unpaired) electrons. The highest BCUT2D eigenvalue weighted by molar-refractivity contribution is 5.85. The van der Waals surface area contributed by atoms with Crippen LogP contribution in [0, 0.1) is 5.41 Å². The van der Waals surface area contributed by atoms with E-state index in [0.29, 0.717) is 5.41 Å². The molecule has 2 heterocycles. The third-order valence-corrected chi connectivity index (χ3v) is 4.73. The molecule has 2 saturated heterocycles. The minimum absolute atomic E-state index is 0. The van der Waals surface area contributed by atoms with Gasteiger partial charge < -0.3 is 14.8 Å². The van der Waals surface area contributed by atoms with Crippen LogP contribution in [0.4, 0.5) is 0 Å². The molecule has 0 saturated carbocycles. The third kappa shape index (κ3) is 3.28. The molecule has 1 unspecified atom stereocenters. The van der Waals surface area contributed by atoms with Crippen molar-refractivity contribution in [1.82, 2.24) is 10.2 Å². The van der Waals surface area contributed by atoms with Gasteiger partial charge in [-0.15, -0.1) is 12.4 Å². The molecule has 1 atom stereocenters. The molecule has 0 amide bonds. The standard InChI is InChI=1S/C16H24N2O2.ClH/c1-19-14-5-3-4-13(15(14)20-2)10-18-9-7-16(12-18)6-8-17-11-16;/h3-5,17H,6-12H2,1-2H3;1H. The topological polar surface area (TPSA) is 33.7 Å². The Morgan fingerprint density at radius 1 is 1.24 bits per heavy atom. The third-order valence-electron chi connectivity index (χ3n) is 4.73. The molecular formula is C16H25ClN2O2. The first-order valence-corrected chi connectivity index (χ1v) is 7.39. The zero-order valence-corrected chi connectivity index (χ0v) is 13.7. The summed E-state index contributed by atoms with van der Waals surface area (Å²) in [6.07, 6.45) is 2.63. The number of likely N-dealkylation sites (tertiary alicyclic amines) is 1. The number of halogens is 1. The van der Waals surface area contributed by atoms with E-state index in [2.05, 4.69) is 16.3 Å². The summed E-state index contributed by atoms with van der Waals surface area (Å²) in [6.45, 7) is 5.68. The van der Waals surface area contributed by atoms with Crippen molar-refractivity contribution in [2.45, 2.75) is 19.4 Å². The molecule has 1 N–H and O–H groups in total. The van der Waals surface area contributed by atoms with Crippen molar-refractivity contribution in [3.05, 3.63) is 23.8 Å². The first-order valence-electron chi connectivity index (χ1n) is 7.39. The monoisotopic (exact) mass is 312 g/mol. The van der Waals surface area contributed by atoms with Gasteiger partial charge in [-0.3, -0.25) is 4.90 Å². The Kier molecular flexibility index (Phi) is 5.36. The fraction of sp³-hybridized carbons (Fsp3) is 0.625. The van der Waals surface area contributed by atoms with Gasteiger partial charge in [0.15, 0.2) is 11.5 Å². The maximum atomic E-state index is 5.53. The maximum absolute atomic E-state index is 5.53. The highest BCUT2D eigenvalue weighted by Crippen LogP contribution is 2.38. The summed E-state index contributed by atoms with van der Waals surface area (Å²) in [5, 5.41) is 3.51. The van der Waals surface area contributed by atoms with Crippen molar-refractivity contribution in [1.29, 1.82) is 0 Å². The Morgan fingerprint density at radius 3 is 2.76 bits per heavy atom. The molecule has 21 heavy (non-hydrogen) atoms. The largest absolute Gasteiger partial charge is 0.493 e. The molecule has 2 aliphatic rings. The number of para-hydroxylation sites is 1. The van der Waals surface area contributed by atoms with Gasteiger partial charge in [-0.2, -0.15) is 0 Å². The Morgan fingerprint density at radius 2 is 2.10 bits per heavy atom. The van der Waals surface area contributed by atoms with Gasteiger partial charge >= 0.3 is 0 Å². The van der Waals surface area contributed by atoms with Crippen LogP contribution < -0.4 is 14.8 Å². The highest BCUT2D eigenvalue weighted by Gasteiger charge is 2.40. The average Bonchev–Trinajstić information content (AvgIpc) is 3.09. The van der Waals surface area contributed by atoms with E-state index < -0.39 is 0 Å². The van der Waals surface area contributed by atoms with E-state index in [1.807, 2.05) is 12.1 Å². The molecule has 1 aromatic rings. The van der Waals surface area contributed by atoms with Crippen LogP contribution in [-0.4, -0.2) is 45.3 Å². The Bertz CT molecular complexity index is 475. The molecule has 0 aromatic heterocycles. The van der Waals surface area contributed by atoms with Gasteiger partial charge in [0.2, 0.25) is 0 Å². The quantitative estimate of drug-likeness (QED) is 0.925. The first kappa shape index (κ1) is 16.4. The molecule has 3 rings (SSSR count). The predicted octanol–water partition coefficient (Wildman–Crippen LogP) is 2.31. The van der Waals surface area contributed by atoms with Gasteiger partial charge in [0.05, 0.1) is 14.2 Å². The molecular weight excluding hydrogens is 288 g/mol. The van der Waals surface area contributed by atoms with Crippen molar-refractivity contribution >= 4 is 12.4 Å². The van der Waals surface area contributed by atoms with Crippen molar-refractivity contribution in [2.75, 3.05) is 40.4 Å². The Hall–Kier alpha value is -0.970. The van der Waals surface area contributed by atoms with Crippen LogP contribution in [-0.2, 0) is 6.54 Å². The minimum Gasteiger partial charge on any atom is -0.493 e. The maximum Gasteiger partial charge on any atom is 0.165 e. The molecule has 0 aliphatic carbocycles. The van der Waals surface area contributed by atoms with E-state index in [4.69, 9.17) is 9.47 Å². The second kappa shape index (κ2) is 6.86. The van der Waals surface area contributed by atoms with Gasteiger partial charge in [0.25, 0.3) is 0 Å². The van der Waals surface area contributed by atoms with E-state index in [9.17, 15) is 0 Å². The van der Waals surface area contributed by atoms with Crippen LogP contribution in [0.3, 0.4) is 0 Å². The highest BCUT2D eigenvalue weighted by atomic mass is 35.5. The van der Waals surface area contributed by atoms with Crippen LogP contribution in [0.25, 0.3) is 0 Å². The minimum atomic E-state index is 0. The number of ether oxygens (including phenoxy) is 2. The second-order valence-electron chi connectivity index (χ2n) is 6.04. The van der Waals surface area contributed by atoms with Crippen molar-refractivity contribution in [3.63, 3.8) is 0 Å². The molecule has 2 aliphatic heterocycles. The molecule has 0 bridgehead atoms. The zero-order valence-electron chi connectivity index (χ0n) is 12.9. The molecule has 5 heteroatoms. The summed E-state index contributed by atoms with van der Waals surface area (Å²) in [4.78, 5) is 2.55. The molecule has 4 nitrogen and oxygen atoms in total. The average molecular weight is 313 g/mol. The van der Waals surface area contributed by atoms with Gasteiger partial charge in [0, 0.05) is 25.2 Å². The molecule has 2 fully saturated rings. The van der Waals surface area contributed by atoms with Crippen LogP contribution in [0.2, 0.25) is 0 Å². The summed E-state index contributed by atoms with van der Waals surface area (Å²) in [7, 11) is 3.41. The van der Waals surface area contributed by atoms with E-state index in [0.717, 1.165) is 18.0 Å². The molecule has 1 spiro atoms. The normalized spacial score (nSPS) is 25.0. The smallest absolute Gasteiger partial charge is 0.165 e. The number of nitrogens with one attached hydrogen (secondary N) is 1. The lowest BCUT2D eigenvalue weighted by atomic mass is 9.86. The van der Waals surface area contributed by atoms with Crippen molar-refractivity contribution in [2.24, 2.45) is 5.41 Å². The summed E-state index contributed by atoms with van der Waals surface area (Å²) in [5.74, 6) is 1.70. The fourth-order valence-corrected chi connectivity index (χ4v) is 3.63. The van der Waals surface area contributed by atoms with Crippen molar-refractivity contribution in [3.8, 4) is 11.5 Å². The van der Waals surface area contributed by atoms with Gasteiger partial charge in [-0.25, -0.2) is 0 Å². The Balaban J connectivity index is 0.00000161. The van der Waals surface area contributed by atoms with Crippen LogP contribution >= 0.6 is 12.4 Å². The van der Waals surface area contributed by atoms with Crippen LogP contribution in [0.1, 0.15) is 18.4 Å². The number of nitrogens with zero attached hydrogens (tertiary/aromatic N) is 1. The Labute approximate surface area is 133 Å². The second-order valence-corrected chi connectivity index (χ2v) is 6.04. The van der Waals surface area contributed by atoms with E-state index in [-0.39, 0.29) is 12.4 Å². The number of rotatable bonds is 4. The SMILES string of the molecule is COc1cccc(CN2CCC3(CCNC3)C2)c1OC.Cl. The van der Waals surface area contributed by atoms with E-state index in [1.54, 1.807) is 14.2 Å². The molecule has 1 aromatic carbocycles. The van der Waals surface area contributed by atoms with Crippen LogP contribution in [0.5, 0.6) is 11.5 Å². The zero-order chi connectivity index (χ0) is 14.0. The summed E-state index contributed by atoms with van der Waals surface area (Å²) >= 11 is 0. The van der Waals surface area contributed by atoms with Gasteiger partial charge in [-0.1, -0.05) is 12.1 Å². The fourth-order valence-electron chi connectivity index (χ4n) is 3.63. The van der Waals surface area contributed by atoms with Gasteiger partial charge in [0.1, 0.15) is 0 Å². The van der Waals surface area contributed by atoms with Crippen LogP contribution in [0.15, 0.2) is 18.2 Å².